The van der Waals surface area contributed by atoms with Gasteiger partial charge in [0.2, 0.25) is 5.91 Å². The van der Waals surface area contributed by atoms with E-state index in [1.165, 1.54) is 4.68 Å². The zero-order valence-electron chi connectivity index (χ0n) is 16.5. The van der Waals surface area contributed by atoms with E-state index in [0.717, 1.165) is 44.5 Å². The number of anilines is 1. The van der Waals surface area contributed by atoms with Gasteiger partial charge in [0.05, 0.1) is 25.7 Å². The Kier molecular flexibility index (Phi) is 6.59. The average molecular weight is 410 g/mol. The van der Waals surface area contributed by atoms with E-state index in [1.807, 2.05) is 18.2 Å². The van der Waals surface area contributed by atoms with Crippen molar-refractivity contribution in [2.24, 2.45) is 5.92 Å². The molecule has 0 saturated carbocycles. The van der Waals surface area contributed by atoms with Crippen molar-refractivity contribution >= 4 is 11.6 Å². The summed E-state index contributed by atoms with van der Waals surface area (Å²) < 4.78 is 45.0. The second-order valence-corrected chi connectivity index (χ2v) is 7.33. The first kappa shape index (κ1) is 21.3. The molecule has 1 aromatic heterocycles. The number of halogens is 3. The number of hydrogen-bond acceptors (Lipinski definition) is 4. The molecule has 2 heterocycles. The summed E-state index contributed by atoms with van der Waals surface area (Å²) in [5.41, 5.74) is 1.17. The lowest BCUT2D eigenvalue weighted by Crippen LogP contribution is -2.35. The first-order valence-electron chi connectivity index (χ1n) is 9.54. The van der Waals surface area contributed by atoms with Gasteiger partial charge in [-0.1, -0.05) is 19.1 Å². The number of hydrogen-bond donors (Lipinski definition) is 1. The van der Waals surface area contributed by atoms with Gasteiger partial charge in [-0.3, -0.25) is 14.4 Å². The number of morpholine rings is 1. The first-order valence-corrected chi connectivity index (χ1v) is 9.54. The van der Waals surface area contributed by atoms with Crippen LogP contribution in [0.15, 0.2) is 30.3 Å². The number of nitrogens with zero attached hydrogens (tertiary/aromatic N) is 3. The van der Waals surface area contributed by atoms with E-state index in [1.54, 1.807) is 19.9 Å². The molecule has 1 unspecified atom stereocenters. The van der Waals surface area contributed by atoms with Crippen LogP contribution in [0, 0.1) is 12.8 Å². The molecular formula is C20H25F3N4O2. The van der Waals surface area contributed by atoms with Crippen molar-refractivity contribution < 1.29 is 22.7 Å². The van der Waals surface area contributed by atoms with Crippen LogP contribution in [-0.2, 0) is 28.8 Å². The molecule has 1 aliphatic heterocycles. The van der Waals surface area contributed by atoms with E-state index in [0.29, 0.717) is 11.4 Å². The molecule has 0 bridgehead atoms. The highest BCUT2D eigenvalue weighted by Gasteiger charge is 2.34. The van der Waals surface area contributed by atoms with Gasteiger partial charge in [-0.25, -0.2) is 0 Å². The van der Waals surface area contributed by atoms with Crippen molar-refractivity contribution in [2.75, 3.05) is 31.6 Å². The van der Waals surface area contributed by atoms with Crippen LogP contribution in [0.5, 0.6) is 0 Å². The Balaban J connectivity index is 1.59. The molecule has 0 radical (unpaired) electrons. The Hall–Kier alpha value is -2.39. The van der Waals surface area contributed by atoms with Gasteiger partial charge in [-0.05, 0) is 30.7 Å². The molecule has 1 fully saturated rings. The molecule has 1 N–H and O–H groups in total. The second-order valence-electron chi connectivity index (χ2n) is 7.33. The quantitative estimate of drug-likeness (QED) is 0.794. The highest BCUT2D eigenvalue weighted by Crippen LogP contribution is 2.28. The fraction of sp³-hybridized carbons (Fsp3) is 0.500. The number of benzene rings is 1. The van der Waals surface area contributed by atoms with Crippen LogP contribution in [0.4, 0.5) is 18.9 Å². The third kappa shape index (κ3) is 5.80. The van der Waals surface area contributed by atoms with E-state index >= 15 is 0 Å². The van der Waals surface area contributed by atoms with Gasteiger partial charge in [0.15, 0.2) is 5.69 Å². The number of nitrogens with one attached hydrogen (secondary N) is 1. The van der Waals surface area contributed by atoms with E-state index in [-0.39, 0.29) is 12.5 Å². The Labute approximate surface area is 167 Å². The summed E-state index contributed by atoms with van der Waals surface area (Å²) >= 11 is 0. The van der Waals surface area contributed by atoms with Crippen molar-refractivity contribution in [1.29, 1.82) is 0 Å². The lowest BCUT2D eigenvalue weighted by Gasteiger charge is -2.26. The maximum absolute atomic E-state index is 12.8. The average Bonchev–Trinajstić information content (AvgIpc) is 3.04. The minimum Gasteiger partial charge on any atom is -0.379 e. The predicted octanol–water partition coefficient (Wildman–Crippen LogP) is 3.32. The number of aromatic nitrogens is 2. The Bertz CT molecular complexity index is 844. The summed E-state index contributed by atoms with van der Waals surface area (Å²) in [7, 11) is 0. The maximum Gasteiger partial charge on any atom is 0.435 e. The molecule has 6 nitrogen and oxygen atoms in total. The van der Waals surface area contributed by atoms with Crippen LogP contribution in [-0.4, -0.2) is 46.9 Å². The summed E-state index contributed by atoms with van der Waals surface area (Å²) in [5.74, 6) is -0.811. The van der Waals surface area contributed by atoms with Gasteiger partial charge in [-0.2, -0.15) is 18.3 Å². The summed E-state index contributed by atoms with van der Waals surface area (Å²) in [6, 6.07) is 8.58. The van der Waals surface area contributed by atoms with Crippen molar-refractivity contribution in [3.8, 4) is 0 Å². The third-order valence-corrected chi connectivity index (χ3v) is 4.87. The fourth-order valence-corrected chi connectivity index (χ4v) is 3.21. The Morgan fingerprint density at radius 2 is 2.00 bits per heavy atom. The van der Waals surface area contributed by atoms with Crippen molar-refractivity contribution in [2.45, 2.75) is 33.1 Å². The van der Waals surface area contributed by atoms with Gasteiger partial charge in [-0.15, -0.1) is 0 Å². The third-order valence-electron chi connectivity index (χ3n) is 4.87. The van der Waals surface area contributed by atoms with Crippen molar-refractivity contribution in [3.63, 3.8) is 0 Å². The number of alkyl halides is 3. The van der Waals surface area contributed by atoms with Gasteiger partial charge in [0.1, 0.15) is 0 Å². The number of carbonyl (C=O) groups is 1. The summed E-state index contributed by atoms with van der Waals surface area (Å²) in [6.07, 6.45) is -4.50. The minimum absolute atomic E-state index is 0.0706. The number of ether oxygens (including phenoxy) is 1. The van der Waals surface area contributed by atoms with Crippen LogP contribution >= 0.6 is 0 Å². The largest absolute Gasteiger partial charge is 0.435 e. The number of aryl methyl sites for hydroxylation is 1. The summed E-state index contributed by atoms with van der Waals surface area (Å²) in [5, 5.41) is 6.44. The smallest absolute Gasteiger partial charge is 0.379 e. The normalized spacial score (nSPS) is 16.6. The van der Waals surface area contributed by atoms with Crippen LogP contribution in [0.2, 0.25) is 0 Å². The molecular weight excluding hydrogens is 385 g/mol. The molecule has 1 aromatic carbocycles. The maximum atomic E-state index is 12.8. The second kappa shape index (κ2) is 8.96. The van der Waals surface area contributed by atoms with E-state index in [2.05, 4.69) is 15.3 Å². The highest BCUT2D eigenvalue weighted by molar-refractivity contribution is 5.92. The molecule has 3 rings (SSSR count). The molecule has 1 atom stereocenters. The molecule has 0 aliphatic carbocycles. The topological polar surface area (TPSA) is 59.4 Å². The molecule has 158 valence electrons. The van der Waals surface area contributed by atoms with E-state index < -0.39 is 17.8 Å². The first-order chi connectivity index (χ1) is 13.7. The molecule has 2 aromatic rings. The number of amides is 1. The zero-order valence-corrected chi connectivity index (χ0v) is 16.5. The number of rotatable bonds is 6. The minimum atomic E-state index is -4.50. The highest BCUT2D eigenvalue weighted by atomic mass is 19.4. The van der Waals surface area contributed by atoms with Gasteiger partial charge < -0.3 is 10.1 Å². The predicted molar refractivity (Wildman–Crippen MR) is 102 cm³/mol. The SMILES string of the molecule is Cc1cc(C(F)(F)F)nn1CC(C)C(=O)Nc1cccc(CN2CCOCC2)c1. The monoisotopic (exact) mass is 410 g/mol. The fourth-order valence-electron chi connectivity index (χ4n) is 3.21. The molecule has 9 heteroatoms. The van der Waals surface area contributed by atoms with Crippen LogP contribution in [0.3, 0.4) is 0 Å². The van der Waals surface area contributed by atoms with Crippen LogP contribution in [0.25, 0.3) is 0 Å². The van der Waals surface area contributed by atoms with Crippen molar-refractivity contribution in [3.05, 3.63) is 47.3 Å². The van der Waals surface area contributed by atoms with Gasteiger partial charge in [0.25, 0.3) is 0 Å². The molecule has 29 heavy (non-hydrogen) atoms. The summed E-state index contributed by atoms with van der Waals surface area (Å²) in [4.78, 5) is 14.8. The lowest BCUT2D eigenvalue weighted by molar-refractivity contribution is -0.141. The molecule has 1 saturated heterocycles. The molecule has 1 amide bonds. The van der Waals surface area contributed by atoms with Gasteiger partial charge in [0, 0.05) is 31.0 Å². The Morgan fingerprint density at radius 1 is 1.28 bits per heavy atom. The standard InChI is InChI=1S/C20H25F3N4O2/c1-14(12-27-15(2)10-18(25-27)20(21,22)23)19(28)24-17-5-3-4-16(11-17)13-26-6-8-29-9-7-26/h3-5,10-11,14H,6-9,12-13H2,1-2H3,(H,24,28). The zero-order chi connectivity index (χ0) is 21.0. The molecule has 1 aliphatic rings. The lowest BCUT2D eigenvalue weighted by atomic mass is 10.1. The van der Waals surface area contributed by atoms with E-state index in [4.69, 9.17) is 4.74 Å². The number of carbonyl (C=O) groups excluding carboxylic acids is 1. The van der Waals surface area contributed by atoms with Crippen LogP contribution in [0.1, 0.15) is 23.9 Å². The van der Waals surface area contributed by atoms with Gasteiger partial charge >= 0.3 is 6.18 Å². The summed E-state index contributed by atoms with van der Waals surface area (Å²) in [6.45, 7) is 7.24. The Morgan fingerprint density at radius 3 is 2.66 bits per heavy atom. The van der Waals surface area contributed by atoms with Crippen LogP contribution < -0.4 is 5.32 Å². The van der Waals surface area contributed by atoms with E-state index in [9.17, 15) is 18.0 Å². The van der Waals surface area contributed by atoms with Crippen molar-refractivity contribution in [1.82, 2.24) is 14.7 Å². The molecule has 0 spiro atoms.